The number of pyridine rings is 1. The van der Waals surface area contributed by atoms with Crippen LogP contribution in [-0.4, -0.2) is 46.2 Å². The standard InChI is InChI=1S/C27H21ClF4N4O4/c1-25(24(33)38)12-40-22-17(25)10-20(36-21(22)13-2-5-16(29)6-3-13)26(39,27(30,31)32)11-34-23(37)19-9-14-8-15(28)4-7-18(14)35-19/h2-10,35,39H,11-12H2,1H3,(H2,33,38)(H,34,37)/t25-,26-/m0/s1. The summed E-state index contributed by atoms with van der Waals surface area (Å²) in [6, 6.07) is 11.7. The van der Waals surface area contributed by atoms with Gasteiger partial charge in [0.1, 0.15) is 35.0 Å². The van der Waals surface area contributed by atoms with Crippen LogP contribution in [0.5, 0.6) is 5.75 Å². The lowest BCUT2D eigenvalue weighted by Crippen LogP contribution is -2.52. The van der Waals surface area contributed by atoms with E-state index in [0.29, 0.717) is 15.9 Å². The van der Waals surface area contributed by atoms with Gasteiger partial charge in [0, 0.05) is 27.1 Å². The van der Waals surface area contributed by atoms with Gasteiger partial charge in [0.2, 0.25) is 11.5 Å². The number of nitrogens with zero attached hydrogens (tertiary/aromatic N) is 1. The number of H-pyrrole nitrogens is 1. The lowest BCUT2D eigenvalue weighted by atomic mass is 9.81. The van der Waals surface area contributed by atoms with Crippen molar-refractivity contribution < 1.29 is 37.0 Å². The Morgan fingerprint density at radius 3 is 2.52 bits per heavy atom. The molecular formula is C27H21ClF4N4O4. The van der Waals surface area contributed by atoms with Crippen molar-refractivity contribution in [2.75, 3.05) is 13.2 Å². The predicted octanol–water partition coefficient (Wildman–Crippen LogP) is 4.34. The molecule has 0 fully saturated rings. The molecular weight excluding hydrogens is 556 g/mol. The highest BCUT2D eigenvalue weighted by Crippen LogP contribution is 2.47. The number of nitrogens with two attached hydrogens (primary N) is 1. The summed E-state index contributed by atoms with van der Waals surface area (Å²) in [6.45, 7) is -0.229. The molecule has 0 saturated carbocycles. The smallest absolute Gasteiger partial charge is 0.424 e. The van der Waals surface area contributed by atoms with Gasteiger partial charge in [-0.1, -0.05) is 11.6 Å². The molecule has 40 heavy (non-hydrogen) atoms. The van der Waals surface area contributed by atoms with Gasteiger partial charge in [0.15, 0.2) is 0 Å². The molecule has 5 rings (SSSR count). The third kappa shape index (κ3) is 4.52. The van der Waals surface area contributed by atoms with Gasteiger partial charge < -0.3 is 25.9 Å². The third-order valence-electron chi connectivity index (χ3n) is 6.96. The van der Waals surface area contributed by atoms with E-state index in [1.807, 2.05) is 0 Å². The maximum absolute atomic E-state index is 14.5. The molecule has 0 spiro atoms. The first-order valence-electron chi connectivity index (χ1n) is 11.8. The summed E-state index contributed by atoms with van der Waals surface area (Å²) in [4.78, 5) is 32.0. The normalized spacial score (nSPS) is 18.2. The fourth-order valence-electron chi connectivity index (χ4n) is 4.47. The van der Waals surface area contributed by atoms with Crippen molar-refractivity contribution in [2.45, 2.75) is 24.1 Å². The SMILES string of the molecule is C[C@]1(C(N)=O)COc2c1cc([C@@](O)(CNC(=O)c1cc3cc(Cl)ccc3[nH]1)C(F)(F)F)nc2-c1ccc(F)cc1. The first-order chi connectivity index (χ1) is 18.7. The molecule has 0 radical (unpaired) electrons. The summed E-state index contributed by atoms with van der Waals surface area (Å²) in [7, 11) is 0. The first kappa shape index (κ1) is 27.4. The number of ether oxygens (including phenoxy) is 1. The van der Waals surface area contributed by atoms with Crippen LogP contribution in [0.2, 0.25) is 5.02 Å². The number of hydrogen-bond donors (Lipinski definition) is 4. The summed E-state index contributed by atoms with van der Waals surface area (Å²) in [5.41, 5.74) is -0.192. The molecule has 0 unspecified atom stereocenters. The Kier molecular flexibility index (Phi) is 6.50. The van der Waals surface area contributed by atoms with Crippen molar-refractivity contribution in [2.24, 2.45) is 5.73 Å². The van der Waals surface area contributed by atoms with Crippen LogP contribution in [0.1, 0.15) is 28.7 Å². The molecule has 2 amide bonds. The van der Waals surface area contributed by atoms with Gasteiger partial charge >= 0.3 is 6.18 Å². The number of alkyl halides is 3. The number of primary amides is 1. The van der Waals surface area contributed by atoms with Gasteiger partial charge in [-0.05, 0) is 61.5 Å². The number of hydrogen-bond acceptors (Lipinski definition) is 5. The van der Waals surface area contributed by atoms with E-state index < -0.39 is 47.1 Å². The average molecular weight is 577 g/mol. The minimum Gasteiger partial charge on any atom is -0.489 e. The molecule has 3 heterocycles. The molecule has 0 aliphatic carbocycles. The molecule has 0 bridgehead atoms. The van der Waals surface area contributed by atoms with Crippen LogP contribution in [0.15, 0.2) is 54.6 Å². The molecule has 4 aromatic rings. The van der Waals surface area contributed by atoms with Crippen molar-refractivity contribution in [1.29, 1.82) is 0 Å². The van der Waals surface area contributed by atoms with Crippen LogP contribution >= 0.6 is 11.6 Å². The highest BCUT2D eigenvalue weighted by Gasteiger charge is 2.57. The Hall–Kier alpha value is -4.16. The van der Waals surface area contributed by atoms with Crippen LogP contribution in [0.3, 0.4) is 0 Å². The molecule has 2 atom stereocenters. The molecule has 0 saturated heterocycles. The number of nitrogens with one attached hydrogen (secondary N) is 2. The van der Waals surface area contributed by atoms with E-state index in [4.69, 9.17) is 22.1 Å². The monoisotopic (exact) mass is 576 g/mol. The second kappa shape index (κ2) is 9.49. The topological polar surface area (TPSA) is 130 Å². The average Bonchev–Trinajstić information content (AvgIpc) is 3.48. The largest absolute Gasteiger partial charge is 0.489 e. The Labute approximate surface area is 229 Å². The van der Waals surface area contributed by atoms with Crippen molar-refractivity contribution in [3.8, 4) is 17.0 Å². The molecule has 1 aliphatic rings. The quantitative estimate of drug-likeness (QED) is 0.254. The van der Waals surface area contributed by atoms with Crippen LogP contribution in [0.4, 0.5) is 17.6 Å². The molecule has 1 aliphatic heterocycles. The Balaban J connectivity index is 1.58. The van der Waals surface area contributed by atoms with E-state index in [-0.39, 0.29) is 34.9 Å². The molecule has 208 valence electrons. The van der Waals surface area contributed by atoms with Crippen molar-refractivity contribution in [1.82, 2.24) is 15.3 Å². The molecule has 8 nitrogen and oxygen atoms in total. The van der Waals surface area contributed by atoms with Crippen LogP contribution < -0.4 is 15.8 Å². The fourth-order valence-corrected chi connectivity index (χ4v) is 4.65. The summed E-state index contributed by atoms with van der Waals surface area (Å²) >= 11 is 5.96. The number of halogens is 5. The first-order valence-corrected chi connectivity index (χ1v) is 12.2. The van der Waals surface area contributed by atoms with Crippen molar-refractivity contribution in [3.05, 3.63) is 82.4 Å². The second-order valence-corrected chi connectivity index (χ2v) is 10.1. The van der Waals surface area contributed by atoms with Gasteiger partial charge in [0.05, 0.1) is 12.2 Å². The predicted molar refractivity (Wildman–Crippen MR) is 137 cm³/mol. The Morgan fingerprint density at radius 1 is 1.18 bits per heavy atom. The number of aromatic nitrogens is 2. The number of fused-ring (bicyclic) bond motifs is 2. The number of amides is 2. The molecule has 2 aromatic carbocycles. The van der Waals surface area contributed by atoms with Crippen molar-refractivity contribution >= 4 is 34.3 Å². The third-order valence-corrected chi connectivity index (χ3v) is 7.19. The zero-order valence-corrected chi connectivity index (χ0v) is 21.5. The summed E-state index contributed by atoms with van der Waals surface area (Å²) in [6.07, 6.45) is -5.34. The minimum atomic E-state index is -5.34. The lowest BCUT2D eigenvalue weighted by Gasteiger charge is -2.31. The Morgan fingerprint density at radius 2 is 1.88 bits per heavy atom. The van der Waals surface area contributed by atoms with Crippen molar-refractivity contribution in [3.63, 3.8) is 0 Å². The van der Waals surface area contributed by atoms with E-state index in [2.05, 4.69) is 15.3 Å². The van der Waals surface area contributed by atoms with Crippen LogP contribution in [0.25, 0.3) is 22.2 Å². The van der Waals surface area contributed by atoms with Gasteiger partial charge in [-0.15, -0.1) is 0 Å². The molecule has 13 heteroatoms. The number of aromatic amines is 1. The number of aliphatic hydroxyl groups is 1. The Bertz CT molecular complexity index is 1660. The van der Waals surface area contributed by atoms with E-state index in [1.54, 1.807) is 18.2 Å². The van der Waals surface area contributed by atoms with Gasteiger partial charge in [-0.2, -0.15) is 13.2 Å². The maximum Gasteiger partial charge on any atom is 0.424 e. The van der Waals surface area contributed by atoms with Crippen LogP contribution in [-0.2, 0) is 15.8 Å². The van der Waals surface area contributed by atoms with E-state index in [0.717, 1.165) is 18.2 Å². The fraction of sp³-hybridized carbons (Fsp3) is 0.222. The van der Waals surface area contributed by atoms with E-state index in [9.17, 15) is 32.3 Å². The molecule has 2 aromatic heterocycles. The van der Waals surface area contributed by atoms with Crippen LogP contribution in [0, 0.1) is 5.82 Å². The summed E-state index contributed by atoms with van der Waals surface area (Å²) < 4.78 is 62.7. The van der Waals surface area contributed by atoms with Gasteiger partial charge in [-0.25, -0.2) is 9.37 Å². The zero-order chi connectivity index (χ0) is 29.0. The number of carbonyl (C=O) groups is 2. The minimum absolute atomic E-state index is 0.0260. The zero-order valence-electron chi connectivity index (χ0n) is 20.7. The highest BCUT2D eigenvalue weighted by atomic mass is 35.5. The summed E-state index contributed by atoms with van der Waals surface area (Å²) in [5.74, 6) is -2.44. The molecule has 5 N–H and O–H groups in total. The van der Waals surface area contributed by atoms with E-state index >= 15 is 0 Å². The van der Waals surface area contributed by atoms with Gasteiger partial charge in [-0.3, -0.25) is 9.59 Å². The number of rotatable bonds is 6. The second-order valence-electron chi connectivity index (χ2n) is 9.68. The van der Waals surface area contributed by atoms with Gasteiger partial charge in [0.25, 0.3) is 5.91 Å². The lowest BCUT2D eigenvalue weighted by molar-refractivity contribution is -0.265. The number of carbonyl (C=O) groups excluding carboxylic acids is 2. The summed E-state index contributed by atoms with van der Waals surface area (Å²) in [5, 5.41) is 14.2. The maximum atomic E-state index is 14.5. The highest BCUT2D eigenvalue weighted by molar-refractivity contribution is 6.31. The van der Waals surface area contributed by atoms with E-state index in [1.165, 1.54) is 25.1 Å². The number of benzene rings is 2.